The molecule has 8 heteroatoms. The predicted molar refractivity (Wildman–Crippen MR) is 103 cm³/mol. The normalized spacial score (nSPS) is 17.3. The molecule has 7 nitrogen and oxygen atoms in total. The second kappa shape index (κ2) is 6.67. The number of aromatic amines is 1. The van der Waals surface area contributed by atoms with Gasteiger partial charge in [0.1, 0.15) is 4.90 Å². The van der Waals surface area contributed by atoms with Crippen LogP contribution in [0.3, 0.4) is 0 Å². The molecule has 0 saturated heterocycles. The van der Waals surface area contributed by atoms with Gasteiger partial charge in [0, 0.05) is 18.2 Å². The zero-order chi connectivity index (χ0) is 19.2. The highest BCUT2D eigenvalue weighted by Gasteiger charge is 2.32. The minimum Gasteiger partial charge on any atom is -0.312 e. The van der Waals surface area contributed by atoms with Crippen LogP contribution >= 0.6 is 0 Å². The highest BCUT2D eigenvalue weighted by atomic mass is 32.2. The molecule has 0 atom stereocenters. The van der Waals surface area contributed by atoms with Crippen LogP contribution in [0.15, 0.2) is 23.1 Å². The standard InChI is InChI=1S/C19H24N4O3S/c1-12-18(13(2)21-20-12)27(25,26)22-16-8-7-14-9-10-23(17(14)11-16)19(24)15-5-3-4-6-15/h7-8,11,15,22H,3-6,9-10H2,1-2H3,(H,20,21). The summed E-state index contributed by atoms with van der Waals surface area (Å²) in [5.74, 6) is 0.278. The molecule has 0 spiro atoms. The monoisotopic (exact) mass is 388 g/mol. The number of carbonyl (C=O) groups is 1. The molecule has 1 aliphatic carbocycles. The summed E-state index contributed by atoms with van der Waals surface area (Å²) in [5, 5.41) is 6.67. The molecule has 4 rings (SSSR count). The SMILES string of the molecule is Cc1n[nH]c(C)c1S(=O)(=O)Nc1ccc2c(c1)N(C(=O)C1CCCC1)CC2. The summed E-state index contributed by atoms with van der Waals surface area (Å²) in [5.41, 5.74) is 3.30. The number of amides is 1. The lowest BCUT2D eigenvalue weighted by Crippen LogP contribution is -2.33. The van der Waals surface area contributed by atoms with E-state index in [-0.39, 0.29) is 16.7 Å². The summed E-state index contributed by atoms with van der Waals surface area (Å²) in [6.45, 7) is 4.00. The second-order valence-electron chi connectivity index (χ2n) is 7.43. The molecule has 1 aromatic carbocycles. The molecule has 2 aromatic rings. The number of fused-ring (bicyclic) bond motifs is 1. The highest BCUT2D eigenvalue weighted by molar-refractivity contribution is 7.92. The van der Waals surface area contributed by atoms with Crippen LogP contribution in [0, 0.1) is 19.8 Å². The maximum atomic E-state index is 12.9. The lowest BCUT2D eigenvalue weighted by Gasteiger charge is -2.21. The number of aromatic nitrogens is 2. The van der Waals surface area contributed by atoms with Crippen molar-refractivity contribution in [3.63, 3.8) is 0 Å². The largest absolute Gasteiger partial charge is 0.312 e. The lowest BCUT2D eigenvalue weighted by atomic mass is 10.1. The van der Waals surface area contributed by atoms with Gasteiger partial charge < -0.3 is 4.90 Å². The summed E-state index contributed by atoms with van der Waals surface area (Å²) >= 11 is 0. The molecule has 2 heterocycles. The number of carbonyl (C=O) groups excluding carboxylic acids is 1. The average Bonchev–Trinajstić information content (AvgIpc) is 3.34. The summed E-state index contributed by atoms with van der Waals surface area (Å²) in [6.07, 6.45) is 4.94. The maximum Gasteiger partial charge on any atom is 0.265 e. The Morgan fingerprint density at radius 1 is 1.26 bits per heavy atom. The lowest BCUT2D eigenvalue weighted by molar-refractivity contribution is -0.122. The minimum atomic E-state index is -3.75. The van der Waals surface area contributed by atoms with Crippen molar-refractivity contribution in [2.24, 2.45) is 5.92 Å². The van der Waals surface area contributed by atoms with E-state index in [1.807, 2.05) is 11.0 Å². The van der Waals surface area contributed by atoms with Crippen LogP contribution < -0.4 is 9.62 Å². The highest BCUT2D eigenvalue weighted by Crippen LogP contribution is 2.35. The number of aryl methyl sites for hydroxylation is 2. The van der Waals surface area contributed by atoms with Crippen molar-refractivity contribution in [3.05, 3.63) is 35.2 Å². The van der Waals surface area contributed by atoms with Gasteiger partial charge in [-0.3, -0.25) is 14.6 Å². The fourth-order valence-electron chi connectivity index (χ4n) is 4.21. The Labute approximate surface area is 159 Å². The van der Waals surface area contributed by atoms with Crippen molar-refractivity contribution in [2.75, 3.05) is 16.2 Å². The van der Waals surface area contributed by atoms with Crippen molar-refractivity contribution in [2.45, 2.75) is 50.8 Å². The van der Waals surface area contributed by atoms with Gasteiger partial charge in [-0.05, 0) is 50.8 Å². The third-order valence-electron chi connectivity index (χ3n) is 5.53. The van der Waals surface area contributed by atoms with Crippen LogP contribution in [-0.4, -0.2) is 31.1 Å². The van der Waals surface area contributed by atoms with Gasteiger partial charge in [-0.25, -0.2) is 8.42 Å². The van der Waals surface area contributed by atoms with E-state index < -0.39 is 10.0 Å². The number of anilines is 2. The molecule has 0 unspecified atom stereocenters. The van der Waals surface area contributed by atoms with Gasteiger partial charge in [0.15, 0.2) is 0 Å². The fourth-order valence-corrected chi connectivity index (χ4v) is 5.63. The van der Waals surface area contributed by atoms with Gasteiger partial charge in [0.25, 0.3) is 10.0 Å². The first-order valence-corrected chi connectivity index (χ1v) is 10.8. The molecular formula is C19H24N4O3S. The molecule has 144 valence electrons. The zero-order valence-corrected chi connectivity index (χ0v) is 16.4. The molecular weight excluding hydrogens is 364 g/mol. The third kappa shape index (κ3) is 3.22. The zero-order valence-electron chi connectivity index (χ0n) is 15.6. The van der Waals surface area contributed by atoms with Crippen LogP contribution in [-0.2, 0) is 21.2 Å². The van der Waals surface area contributed by atoms with Crippen LogP contribution in [0.1, 0.15) is 42.6 Å². The Kier molecular flexibility index (Phi) is 4.46. The second-order valence-corrected chi connectivity index (χ2v) is 9.05. The van der Waals surface area contributed by atoms with Gasteiger partial charge in [-0.1, -0.05) is 18.9 Å². The smallest absolute Gasteiger partial charge is 0.265 e. The molecule has 27 heavy (non-hydrogen) atoms. The number of benzene rings is 1. The first-order valence-electron chi connectivity index (χ1n) is 9.35. The number of nitrogens with zero attached hydrogens (tertiary/aromatic N) is 2. The first-order chi connectivity index (χ1) is 12.9. The molecule has 1 aliphatic heterocycles. The van der Waals surface area contributed by atoms with Crippen LogP contribution in [0.5, 0.6) is 0 Å². The molecule has 1 fully saturated rings. The van der Waals surface area contributed by atoms with Crippen molar-refractivity contribution in [1.29, 1.82) is 0 Å². The van der Waals surface area contributed by atoms with Crippen molar-refractivity contribution < 1.29 is 13.2 Å². The predicted octanol–water partition coefficient (Wildman–Crippen LogP) is 2.91. The van der Waals surface area contributed by atoms with Gasteiger partial charge in [0.2, 0.25) is 5.91 Å². The Morgan fingerprint density at radius 3 is 2.67 bits per heavy atom. The van der Waals surface area contributed by atoms with Crippen molar-refractivity contribution in [1.82, 2.24) is 10.2 Å². The average molecular weight is 388 g/mol. The fraction of sp³-hybridized carbons (Fsp3) is 0.474. The Bertz CT molecular complexity index is 971. The molecule has 1 amide bonds. The van der Waals surface area contributed by atoms with E-state index in [2.05, 4.69) is 14.9 Å². The van der Waals surface area contributed by atoms with Crippen molar-refractivity contribution in [3.8, 4) is 0 Å². The number of hydrogen-bond acceptors (Lipinski definition) is 4. The topological polar surface area (TPSA) is 95.2 Å². The number of hydrogen-bond donors (Lipinski definition) is 2. The molecule has 0 radical (unpaired) electrons. The Morgan fingerprint density at radius 2 is 2.00 bits per heavy atom. The van der Waals surface area contributed by atoms with E-state index in [1.165, 1.54) is 0 Å². The quantitative estimate of drug-likeness (QED) is 0.842. The first kappa shape index (κ1) is 18.0. The molecule has 2 aliphatic rings. The third-order valence-corrected chi connectivity index (χ3v) is 7.18. The van der Waals surface area contributed by atoms with Gasteiger partial charge in [-0.15, -0.1) is 0 Å². The Balaban J connectivity index is 1.61. The van der Waals surface area contributed by atoms with Crippen molar-refractivity contribution >= 4 is 27.3 Å². The Hall–Kier alpha value is -2.35. The molecule has 0 bridgehead atoms. The summed E-state index contributed by atoms with van der Waals surface area (Å²) in [7, 11) is -3.75. The molecule has 1 saturated carbocycles. The minimum absolute atomic E-state index is 0.104. The number of H-pyrrole nitrogens is 1. The summed E-state index contributed by atoms with van der Waals surface area (Å²) < 4.78 is 28.2. The maximum absolute atomic E-state index is 12.9. The number of sulfonamides is 1. The molecule has 1 aromatic heterocycles. The van der Waals surface area contributed by atoms with E-state index in [0.29, 0.717) is 23.6 Å². The summed E-state index contributed by atoms with van der Waals surface area (Å²) in [4.78, 5) is 14.9. The van der Waals surface area contributed by atoms with E-state index in [9.17, 15) is 13.2 Å². The number of rotatable bonds is 4. The van der Waals surface area contributed by atoms with Gasteiger partial charge in [0.05, 0.1) is 17.1 Å². The number of nitrogens with one attached hydrogen (secondary N) is 2. The van der Waals surface area contributed by atoms with E-state index in [4.69, 9.17) is 0 Å². The molecule has 2 N–H and O–H groups in total. The van der Waals surface area contributed by atoms with Crippen LogP contribution in [0.2, 0.25) is 0 Å². The summed E-state index contributed by atoms with van der Waals surface area (Å²) in [6, 6.07) is 5.44. The van der Waals surface area contributed by atoms with Gasteiger partial charge >= 0.3 is 0 Å². The van der Waals surface area contributed by atoms with E-state index in [0.717, 1.165) is 43.4 Å². The van der Waals surface area contributed by atoms with Gasteiger partial charge in [-0.2, -0.15) is 5.10 Å². The van der Waals surface area contributed by atoms with E-state index in [1.54, 1.807) is 26.0 Å². The van der Waals surface area contributed by atoms with E-state index >= 15 is 0 Å². The van der Waals surface area contributed by atoms with Crippen LogP contribution in [0.25, 0.3) is 0 Å². The van der Waals surface area contributed by atoms with Crippen LogP contribution in [0.4, 0.5) is 11.4 Å².